The van der Waals surface area contributed by atoms with E-state index in [0.717, 1.165) is 19.4 Å². The number of phenolic OH excluding ortho intramolecular Hbond substituents is 1. The third-order valence-corrected chi connectivity index (χ3v) is 3.10. The number of rotatable bonds is 4. The Morgan fingerprint density at radius 2 is 2.41 bits per heavy atom. The summed E-state index contributed by atoms with van der Waals surface area (Å²) in [4.78, 5) is 12.0. The van der Waals surface area contributed by atoms with Crippen molar-refractivity contribution in [1.29, 1.82) is 0 Å². The van der Waals surface area contributed by atoms with Gasteiger partial charge < -0.3 is 15.2 Å². The van der Waals surface area contributed by atoms with Crippen molar-refractivity contribution < 1.29 is 14.6 Å². The van der Waals surface area contributed by atoms with Gasteiger partial charge in [-0.05, 0) is 37.6 Å². The molecule has 92 valence electrons. The quantitative estimate of drug-likeness (QED) is 0.780. The number of ketones is 1. The van der Waals surface area contributed by atoms with Crippen LogP contribution in [0.1, 0.15) is 29.6 Å². The molecule has 0 amide bonds. The number of carbonyl (C=O) groups excluding carboxylic acids is 1. The Balaban J connectivity index is 2.07. The topological polar surface area (TPSA) is 58.6 Å². The Labute approximate surface area is 101 Å². The van der Waals surface area contributed by atoms with Crippen molar-refractivity contribution in [3.8, 4) is 11.5 Å². The van der Waals surface area contributed by atoms with Crippen LogP contribution in [-0.2, 0) is 0 Å². The Morgan fingerprint density at radius 3 is 3.06 bits per heavy atom. The van der Waals surface area contributed by atoms with Crippen LogP contribution < -0.4 is 10.1 Å². The van der Waals surface area contributed by atoms with Gasteiger partial charge >= 0.3 is 0 Å². The van der Waals surface area contributed by atoms with E-state index < -0.39 is 0 Å². The standard InChI is InChI=1S/C13H17NO3/c1-17-13-7-9(4-5-11(13)15)12(16)8-10-3-2-6-14-10/h4-5,7,10,14-15H,2-3,6,8H2,1H3. The number of ether oxygens (including phenoxy) is 1. The summed E-state index contributed by atoms with van der Waals surface area (Å²) in [5.74, 6) is 0.487. The molecule has 1 heterocycles. The summed E-state index contributed by atoms with van der Waals surface area (Å²) in [5, 5.41) is 12.7. The van der Waals surface area contributed by atoms with E-state index in [9.17, 15) is 9.90 Å². The molecule has 0 radical (unpaired) electrons. The molecule has 0 spiro atoms. The number of nitrogens with one attached hydrogen (secondary N) is 1. The number of carbonyl (C=O) groups is 1. The van der Waals surface area contributed by atoms with Crippen LogP contribution in [0.5, 0.6) is 11.5 Å². The lowest BCUT2D eigenvalue weighted by molar-refractivity contribution is 0.0971. The van der Waals surface area contributed by atoms with Gasteiger partial charge in [0, 0.05) is 18.0 Å². The number of methoxy groups -OCH3 is 1. The summed E-state index contributed by atoms with van der Waals surface area (Å²) in [6.07, 6.45) is 2.70. The van der Waals surface area contributed by atoms with Gasteiger partial charge in [-0.1, -0.05) is 0 Å². The molecule has 1 aliphatic rings. The molecule has 1 fully saturated rings. The molecular weight excluding hydrogens is 218 g/mol. The highest BCUT2D eigenvalue weighted by atomic mass is 16.5. The van der Waals surface area contributed by atoms with Gasteiger partial charge in [0.15, 0.2) is 17.3 Å². The number of hydrogen-bond acceptors (Lipinski definition) is 4. The number of Topliss-reactive ketones (excluding diaryl/α,β-unsaturated/α-hetero) is 1. The van der Waals surface area contributed by atoms with Crippen molar-refractivity contribution in [3.63, 3.8) is 0 Å². The average Bonchev–Trinajstić information content (AvgIpc) is 2.82. The highest BCUT2D eigenvalue weighted by Gasteiger charge is 2.19. The van der Waals surface area contributed by atoms with Crippen LogP contribution in [0.15, 0.2) is 18.2 Å². The molecule has 1 aromatic rings. The molecule has 2 rings (SSSR count). The zero-order valence-corrected chi connectivity index (χ0v) is 9.90. The van der Waals surface area contributed by atoms with Gasteiger partial charge in [-0.2, -0.15) is 0 Å². The van der Waals surface area contributed by atoms with Crippen LogP contribution >= 0.6 is 0 Å². The summed E-state index contributed by atoms with van der Waals surface area (Å²) in [5.41, 5.74) is 0.591. The molecule has 0 aromatic heterocycles. The van der Waals surface area contributed by atoms with Crippen LogP contribution in [0.4, 0.5) is 0 Å². The maximum atomic E-state index is 12.0. The fourth-order valence-electron chi connectivity index (χ4n) is 2.12. The van der Waals surface area contributed by atoms with Gasteiger partial charge in [-0.15, -0.1) is 0 Å². The van der Waals surface area contributed by atoms with Crippen molar-refractivity contribution in [2.75, 3.05) is 13.7 Å². The molecule has 0 saturated carbocycles. The summed E-state index contributed by atoms with van der Waals surface area (Å²) in [6.45, 7) is 0.997. The molecule has 0 bridgehead atoms. The van der Waals surface area contributed by atoms with E-state index in [-0.39, 0.29) is 11.5 Å². The average molecular weight is 235 g/mol. The first-order valence-corrected chi connectivity index (χ1v) is 5.84. The van der Waals surface area contributed by atoms with Crippen LogP contribution in [0.2, 0.25) is 0 Å². The van der Waals surface area contributed by atoms with Gasteiger partial charge in [-0.25, -0.2) is 0 Å². The first kappa shape index (κ1) is 11.9. The molecule has 1 atom stereocenters. The van der Waals surface area contributed by atoms with E-state index in [4.69, 9.17) is 4.74 Å². The van der Waals surface area contributed by atoms with Gasteiger partial charge in [0.2, 0.25) is 0 Å². The minimum Gasteiger partial charge on any atom is -0.504 e. The highest BCUT2D eigenvalue weighted by Crippen LogP contribution is 2.27. The molecule has 4 nitrogen and oxygen atoms in total. The van der Waals surface area contributed by atoms with Gasteiger partial charge in [0.25, 0.3) is 0 Å². The van der Waals surface area contributed by atoms with Crippen LogP contribution in [0.25, 0.3) is 0 Å². The zero-order valence-electron chi connectivity index (χ0n) is 9.90. The van der Waals surface area contributed by atoms with Crippen molar-refractivity contribution in [2.45, 2.75) is 25.3 Å². The first-order valence-electron chi connectivity index (χ1n) is 5.84. The lowest BCUT2D eigenvalue weighted by Gasteiger charge is -2.10. The van der Waals surface area contributed by atoms with Crippen LogP contribution in [0.3, 0.4) is 0 Å². The second-order valence-corrected chi connectivity index (χ2v) is 4.31. The predicted molar refractivity (Wildman–Crippen MR) is 64.6 cm³/mol. The Hall–Kier alpha value is -1.55. The molecule has 17 heavy (non-hydrogen) atoms. The number of aromatic hydroxyl groups is 1. The van der Waals surface area contributed by atoms with E-state index >= 15 is 0 Å². The summed E-state index contributed by atoms with van der Waals surface area (Å²) >= 11 is 0. The molecule has 1 aliphatic heterocycles. The Morgan fingerprint density at radius 1 is 1.59 bits per heavy atom. The highest BCUT2D eigenvalue weighted by molar-refractivity contribution is 5.97. The third-order valence-electron chi connectivity index (χ3n) is 3.10. The normalized spacial score (nSPS) is 19.2. The van der Waals surface area contributed by atoms with Gasteiger partial charge in [-0.3, -0.25) is 4.79 Å². The molecule has 4 heteroatoms. The number of phenols is 1. The second-order valence-electron chi connectivity index (χ2n) is 4.31. The largest absolute Gasteiger partial charge is 0.504 e. The van der Waals surface area contributed by atoms with E-state index in [1.54, 1.807) is 12.1 Å². The summed E-state index contributed by atoms with van der Waals surface area (Å²) in [6, 6.07) is 5.01. The number of benzene rings is 1. The minimum absolute atomic E-state index is 0.0584. The fourth-order valence-corrected chi connectivity index (χ4v) is 2.12. The Kier molecular flexibility index (Phi) is 3.64. The van der Waals surface area contributed by atoms with E-state index in [2.05, 4.69) is 5.32 Å². The molecule has 1 unspecified atom stereocenters. The lowest BCUT2D eigenvalue weighted by atomic mass is 10.0. The van der Waals surface area contributed by atoms with Crippen LogP contribution in [0, 0.1) is 0 Å². The molecule has 1 aromatic carbocycles. The van der Waals surface area contributed by atoms with E-state index in [1.165, 1.54) is 13.2 Å². The van der Waals surface area contributed by atoms with Gasteiger partial charge in [0.1, 0.15) is 0 Å². The monoisotopic (exact) mass is 235 g/mol. The molecule has 1 saturated heterocycles. The van der Waals surface area contributed by atoms with Crippen molar-refractivity contribution in [3.05, 3.63) is 23.8 Å². The lowest BCUT2D eigenvalue weighted by Crippen LogP contribution is -2.24. The molecule has 2 N–H and O–H groups in total. The summed E-state index contributed by atoms with van der Waals surface area (Å²) < 4.78 is 4.99. The summed E-state index contributed by atoms with van der Waals surface area (Å²) in [7, 11) is 1.47. The molecular formula is C13H17NO3. The SMILES string of the molecule is COc1cc(C(=O)CC2CCCN2)ccc1O. The van der Waals surface area contributed by atoms with E-state index in [1.807, 2.05) is 0 Å². The minimum atomic E-state index is 0.0584. The second kappa shape index (κ2) is 5.19. The maximum absolute atomic E-state index is 12.0. The first-order chi connectivity index (χ1) is 8.20. The fraction of sp³-hybridized carbons (Fsp3) is 0.462. The molecule has 0 aliphatic carbocycles. The maximum Gasteiger partial charge on any atom is 0.164 e. The van der Waals surface area contributed by atoms with Gasteiger partial charge in [0.05, 0.1) is 7.11 Å². The van der Waals surface area contributed by atoms with Crippen molar-refractivity contribution in [2.24, 2.45) is 0 Å². The van der Waals surface area contributed by atoms with Crippen molar-refractivity contribution in [1.82, 2.24) is 5.32 Å². The zero-order chi connectivity index (χ0) is 12.3. The van der Waals surface area contributed by atoms with E-state index in [0.29, 0.717) is 23.8 Å². The number of hydrogen-bond donors (Lipinski definition) is 2. The van der Waals surface area contributed by atoms with Crippen LogP contribution in [-0.4, -0.2) is 30.6 Å². The smallest absolute Gasteiger partial charge is 0.164 e. The van der Waals surface area contributed by atoms with Crippen molar-refractivity contribution >= 4 is 5.78 Å². The predicted octanol–water partition coefficient (Wildman–Crippen LogP) is 1.73. The third kappa shape index (κ3) is 2.77. The Bertz CT molecular complexity index is 411.